The number of rotatable bonds is 7. The summed E-state index contributed by atoms with van der Waals surface area (Å²) in [4.78, 5) is 14.4. The standard InChI is InChI=1S/C16H20N2O3/c1-12(2)9-18(7-3-6-17)10-14(19)13-4-5-15-16(8-13)21-11-20-15/h4-5,8,12H,3,7,9-11H2,1-2H3. The van der Waals surface area contributed by atoms with Crippen molar-refractivity contribution in [1.82, 2.24) is 4.90 Å². The lowest BCUT2D eigenvalue weighted by atomic mass is 10.1. The zero-order valence-electron chi connectivity index (χ0n) is 12.5. The topological polar surface area (TPSA) is 62.6 Å². The first kappa shape index (κ1) is 15.3. The van der Waals surface area contributed by atoms with Gasteiger partial charge in [0.15, 0.2) is 17.3 Å². The van der Waals surface area contributed by atoms with Crippen LogP contribution in [0.1, 0.15) is 30.6 Å². The van der Waals surface area contributed by atoms with Crippen LogP contribution >= 0.6 is 0 Å². The molecule has 1 aromatic carbocycles. The summed E-state index contributed by atoms with van der Waals surface area (Å²) in [6.45, 7) is 6.14. The number of carbonyl (C=O) groups excluding carboxylic acids is 1. The molecule has 0 spiro atoms. The first-order valence-corrected chi connectivity index (χ1v) is 7.12. The van der Waals surface area contributed by atoms with E-state index in [9.17, 15) is 4.79 Å². The molecule has 112 valence electrons. The summed E-state index contributed by atoms with van der Waals surface area (Å²) in [7, 11) is 0. The lowest BCUT2D eigenvalue weighted by molar-refractivity contribution is 0.0923. The maximum absolute atomic E-state index is 12.4. The van der Waals surface area contributed by atoms with Crippen molar-refractivity contribution in [2.75, 3.05) is 26.4 Å². The number of ether oxygens (including phenoxy) is 2. The van der Waals surface area contributed by atoms with Gasteiger partial charge in [-0.1, -0.05) is 13.8 Å². The average Bonchev–Trinajstić information content (AvgIpc) is 2.91. The van der Waals surface area contributed by atoms with Gasteiger partial charge >= 0.3 is 0 Å². The zero-order valence-corrected chi connectivity index (χ0v) is 12.5. The Balaban J connectivity index is 2.02. The molecule has 0 aromatic heterocycles. The molecule has 1 aliphatic heterocycles. The number of nitriles is 1. The van der Waals surface area contributed by atoms with Gasteiger partial charge in [-0.3, -0.25) is 9.69 Å². The summed E-state index contributed by atoms with van der Waals surface area (Å²) in [5, 5.41) is 8.71. The second kappa shape index (κ2) is 7.09. The van der Waals surface area contributed by atoms with E-state index in [0.717, 1.165) is 6.54 Å². The molecule has 21 heavy (non-hydrogen) atoms. The molecule has 0 fully saturated rings. The number of Topliss-reactive ketones (excluding diaryl/α,β-unsaturated/α-hetero) is 1. The van der Waals surface area contributed by atoms with Gasteiger partial charge in [0.05, 0.1) is 12.6 Å². The second-order valence-electron chi connectivity index (χ2n) is 5.53. The maximum Gasteiger partial charge on any atom is 0.231 e. The van der Waals surface area contributed by atoms with Crippen LogP contribution in [0.15, 0.2) is 18.2 Å². The van der Waals surface area contributed by atoms with Crippen LogP contribution in [-0.4, -0.2) is 37.1 Å². The van der Waals surface area contributed by atoms with Crippen molar-refractivity contribution >= 4 is 5.78 Å². The minimum Gasteiger partial charge on any atom is -0.454 e. The van der Waals surface area contributed by atoms with Crippen LogP contribution in [0.3, 0.4) is 0 Å². The highest BCUT2D eigenvalue weighted by Gasteiger charge is 2.18. The highest BCUT2D eigenvalue weighted by molar-refractivity contribution is 5.98. The van der Waals surface area contributed by atoms with Crippen molar-refractivity contribution in [3.63, 3.8) is 0 Å². The van der Waals surface area contributed by atoms with Crippen LogP contribution in [0, 0.1) is 17.2 Å². The molecule has 0 saturated heterocycles. The van der Waals surface area contributed by atoms with Gasteiger partial charge in [0.1, 0.15) is 0 Å². The molecular formula is C16H20N2O3. The van der Waals surface area contributed by atoms with Crippen molar-refractivity contribution in [2.45, 2.75) is 20.3 Å². The molecule has 0 bridgehead atoms. The van der Waals surface area contributed by atoms with Crippen molar-refractivity contribution in [3.8, 4) is 17.6 Å². The molecule has 1 heterocycles. The Labute approximate surface area is 125 Å². The van der Waals surface area contributed by atoms with Gasteiger partial charge in [0.2, 0.25) is 6.79 Å². The maximum atomic E-state index is 12.4. The fraction of sp³-hybridized carbons (Fsp3) is 0.500. The van der Waals surface area contributed by atoms with Crippen LogP contribution in [0.4, 0.5) is 0 Å². The Morgan fingerprint density at radius 1 is 1.38 bits per heavy atom. The molecule has 0 radical (unpaired) electrons. The minimum atomic E-state index is 0.0342. The van der Waals surface area contributed by atoms with Crippen LogP contribution in [0.5, 0.6) is 11.5 Å². The van der Waals surface area contributed by atoms with Gasteiger partial charge in [-0.25, -0.2) is 0 Å². The van der Waals surface area contributed by atoms with E-state index in [1.54, 1.807) is 18.2 Å². The predicted molar refractivity (Wildman–Crippen MR) is 78.4 cm³/mol. The van der Waals surface area contributed by atoms with Gasteiger partial charge < -0.3 is 9.47 Å². The number of benzene rings is 1. The minimum absolute atomic E-state index is 0.0342. The molecule has 0 unspecified atom stereocenters. The summed E-state index contributed by atoms with van der Waals surface area (Å²) >= 11 is 0. The molecule has 2 rings (SSSR count). The summed E-state index contributed by atoms with van der Waals surface area (Å²) in [6, 6.07) is 7.37. The highest BCUT2D eigenvalue weighted by Crippen LogP contribution is 2.32. The molecule has 0 saturated carbocycles. The third-order valence-electron chi connectivity index (χ3n) is 3.22. The Kier molecular flexibility index (Phi) is 5.18. The smallest absolute Gasteiger partial charge is 0.231 e. The largest absolute Gasteiger partial charge is 0.454 e. The van der Waals surface area contributed by atoms with E-state index >= 15 is 0 Å². The molecule has 0 N–H and O–H groups in total. The SMILES string of the molecule is CC(C)CN(CCC#N)CC(=O)c1ccc2c(c1)OCO2. The third kappa shape index (κ3) is 4.20. The van der Waals surface area contributed by atoms with Gasteiger partial charge in [-0.2, -0.15) is 5.26 Å². The lowest BCUT2D eigenvalue weighted by Gasteiger charge is -2.22. The number of hydrogen-bond acceptors (Lipinski definition) is 5. The first-order chi connectivity index (χ1) is 10.1. The monoisotopic (exact) mass is 288 g/mol. The Hall–Kier alpha value is -2.06. The first-order valence-electron chi connectivity index (χ1n) is 7.12. The average molecular weight is 288 g/mol. The third-order valence-corrected chi connectivity index (χ3v) is 3.22. The quantitative estimate of drug-likeness (QED) is 0.721. The Morgan fingerprint density at radius 3 is 2.86 bits per heavy atom. The van der Waals surface area contributed by atoms with Crippen molar-refractivity contribution in [3.05, 3.63) is 23.8 Å². The van der Waals surface area contributed by atoms with Crippen LogP contribution in [-0.2, 0) is 0 Å². The van der Waals surface area contributed by atoms with E-state index in [1.165, 1.54) is 0 Å². The molecule has 1 aliphatic rings. The van der Waals surface area contributed by atoms with Crippen molar-refractivity contribution < 1.29 is 14.3 Å². The number of hydrogen-bond donors (Lipinski definition) is 0. The fourth-order valence-corrected chi connectivity index (χ4v) is 2.32. The van der Waals surface area contributed by atoms with Crippen molar-refractivity contribution in [1.29, 1.82) is 5.26 Å². The molecule has 1 aromatic rings. The van der Waals surface area contributed by atoms with E-state index in [2.05, 4.69) is 19.9 Å². The molecule has 0 atom stereocenters. The number of nitrogens with zero attached hydrogens (tertiary/aromatic N) is 2. The van der Waals surface area contributed by atoms with Crippen LogP contribution in [0.25, 0.3) is 0 Å². The zero-order chi connectivity index (χ0) is 15.2. The van der Waals surface area contributed by atoms with Gasteiger partial charge in [0.25, 0.3) is 0 Å². The molecule has 0 aliphatic carbocycles. The van der Waals surface area contributed by atoms with Gasteiger partial charge in [-0.15, -0.1) is 0 Å². The van der Waals surface area contributed by atoms with Crippen LogP contribution < -0.4 is 9.47 Å². The molecular weight excluding hydrogens is 268 g/mol. The van der Waals surface area contributed by atoms with E-state index < -0.39 is 0 Å². The molecule has 0 amide bonds. The highest BCUT2D eigenvalue weighted by atomic mass is 16.7. The summed E-state index contributed by atoms with van der Waals surface area (Å²) in [5.74, 6) is 1.78. The Morgan fingerprint density at radius 2 is 2.14 bits per heavy atom. The second-order valence-corrected chi connectivity index (χ2v) is 5.53. The lowest BCUT2D eigenvalue weighted by Crippen LogP contribution is -2.33. The summed E-state index contributed by atoms with van der Waals surface area (Å²) in [5.41, 5.74) is 0.616. The summed E-state index contributed by atoms with van der Waals surface area (Å²) < 4.78 is 10.5. The Bertz CT molecular complexity index is 549. The predicted octanol–water partition coefficient (Wildman–Crippen LogP) is 2.47. The summed E-state index contributed by atoms with van der Waals surface area (Å²) in [6.07, 6.45) is 0.432. The van der Waals surface area contributed by atoms with E-state index in [1.807, 2.05) is 4.90 Å². The fourth-order valence-electron chi connectivity index (χ4n) is 2.32. The van der Waals surface area contributed by atoms with Crippen molar-refractivity contribution in [2.24, 2.45) is 5.92 Å². The number of carbonyl (C=O) groups is 1. The number of ketones is 1. The van der Waals surface area contributed by atoms with E-state index in [-0.39, 0.29) is 12.6 Å². The van der Waals surface area contributed by atoms with Gasteiger partial charge in [-0.05, 0) is 24.1 Å². The van der Waals surface area contributed by atoms with E-state index in [4.69, 9.17) is 14.7 Å². The molecule has 5 nitrogen and oxygen atoms in total. The molecule has 5 heteroatoms. The number of fused-ring (bicyclic) bond motifs is 1. The van der Waals surface area contributed by atoms with E-state index in [0.29, 0.717) is 42.5 Å². The van der Waals surface area contributed by atoms with Crippen LogP contribution in [0.2, 0.25) is 0 Å². The normalized spacial score (nSPS) is 12.7. The van der Waals surface area contributed by atoms with Gasteiger partial charge in [0, 0.05) is 25.1 Å².